The van der Waals surface area contributed by atoms with Gasteiger partial charge in [0.25, 0.3) is 0 Å². The van der Waals surface area contributed by atoms with Gasteiger partial charge in [-0.05, 0) is 30.5 Å². The molecule has 0 spiro atoms. The lowest BCUT2D eigenvalue weighted by Crippen LogP contribution is -2.37. The van der Waals surface area contributed by atoms with E-state index in [1.807, 2.05) is 12.1 Å². The Morgan fingerprint density at radius 3 is 2.32 bits per heavy atom. The quantitative estimate of drug-likeness (QED) is 0.839. The number of anilines is 1. The average molecular weight is 261 g/mol. The van der Waals surface area contributed by atoms with Gasteiger partial charge in [-0.1, -0.05) is 12.1 Å². The third-order valence-corrected chi connectivity index (χ3v) is 3.31. The Morgan fingerprint density at radius 1 is 1.26 bits per heavy atom. The van der Waals surface area contributed by atoms with Gasteiger partial charge in [-0.2, -0.15) is 0 Å². The van der Waals surface area contributed by atoms with Gasteiger partial charge >= 0.3 is 0 Å². The van der Waals surface area contributed by atoms with Gasteiger partial charge < -0.3 is 16.0 Å². The van der Waals surface area contributed by atoms with Crippen molar-refractivity contribution in [3.8, 4) is 0 Å². The van der Waals surface area contributed by atoms with Crippen LogP contribution in [0.15, 0.2) is 24.3 Å². The first-order valence-electron chi connectivity index (χ1n) is 6.30. The zero-order valence-corrected chi connectivity index (χ0v) is 11.3. The fraction of sp³-hybridized carbons (Fsp3) is 0.429. The molecule has 1 aromatic carbocycles. The summed E-state index contributed by atoms with van der Waals surface area (Å²) in [7, 11) is 3.46. The highest BCUT2D eigenvalue weighted by Crippen LogP contribution is 2.33. The standard InChI is InChI=1S/C14H19N3O2/c1-17(2)12(18)9-10-3-5-11(6-4-10)16-13(19)14(15)7-8-14/h3-6H,7-9,15H2,1-2H3,(H,16,19). The highest BCUT2D eigenvalue weighted by molar-refractivity contribution is 6.00. The zero-order chi connectivity index (χ0) is 14.0. The normalized spacial score (nSPS) is 15.7. The first-order chi connectivity index (χ1) is 8.90. The van der Waals surface area contributed by atoms with Crippen LogP contribution in [0.25, 0.3) is 0 Å². The molecule has 19 heavy (non-hydrogen) atoms. The van der Waals surface area contributed by atoms with E-state index in [0.717, 1.165) is 18.4 Å². The van der Waals surface area contributed by atoms with E-state index >= 15 is 0 Å². The number of hydrogen-bond acceptors (Lipinski definition) is 3. The number of carbonyl (C=O) groups excluding carboxylic acids is 2. The summed E-state index contributed by atoms with van der Waals surface area (Å²) in [5.74, 6) is -0.0831. The molecule has 1 aliphatic carbocycles. The van der Waals surface area contributed by atoms with E-state index in [1.165, 1.54) is 0 Å². The van der Waals surface area contributed by atoms with E-state index < -0.39 is 5.54 Å². The molecule has 0 heterocycles. The molecule has 5 heteroatoms. The molecule has 1 aromatic rings. The molecular weight excluding hydrogens is 242 g/mol. The molecule has 3 N–H and O–H groups in total. The largest absolute Gasteiger partial charge is 0.349 e. The van der Waals surface area contributed by atoms with Crippen molar-refractivity contribution < 1.29 is 9.59 Å². The van der Waals surface area contributed by atoms with E-state index in [2.05, 4.69) is 5.32 Å². The summed E-state index contributed by atoms with van der Waals surface area (Å²) < 4.78 is 0. The second-order valence-corrected chi connectivity index (χ2v) is 5.27. The lowest BCUT2D eigenvalue weighted by Gasteiger charge is -2.12. The second-order valence-electron chi connectivity index (χ2n) is 5.27. The van der Waals surface area contributed by atoms with Gasteiger partial charge in [-0.15, -0.1) is 0 Å². The molecule has 0 bridgehead atoms. The molecular formula is C14H19N3O2. The molecule has 0 aliphatic heterocycles. The second kappa shape index (κ2) is 5.01. The van der Waals surface area contributed by atoms with Crippen LogP contribution in [0.2, 0.25) is 0 Å². The number of hydrogen-bond donors (Lipinski definition) is 2. The molecule has 0 atom stereocenters. The van der Waals surface area contributed by atoms with Crippen LogP contribution in [0.1, 0.15) is 18.4 Å². The molecule has 1 saturated carbocycles. The summed E-state index contributed by atoms with van der Waals surface area (Å²) in [5.41, 5.74) is 6.77. The Kier molecular flexibility index (Phi) is 3.57. The summed E-state index contributed by atoms with van der Waals surface area (Å²) in [4.78, 5) is 24.9. The fourth-order valence-electron chi connectivity index (χ4n) is 1.66. The van der Waals surface area contributed by atoms with Crippen molar-refractivity contribution >= 4 is 17.5 Å². The Bertz CT molecular complexity index is 490. The highest BCUT2D eigenvalue weighted by Gasteiger charge is 2.45. The van der Waals surface area contributed by atoms with Gasteiger partial charge in [0.15, 0.2) is 0 Å². The van der Waals surface area contributed by atoms with Crippen molar-refractivity contribution in [3.63, 3.8) is 0 Å². The van der Waals surface area contributed by atoms with E-state index in [4.69, 9.17) is 5.73 Å². The van der Waals surface area contributed by atoms with Crippen molar-refractivity contribution in [1.82, 2.24) is 4.90 Å². The predicted molar refractivity (Wildman–Crippen MR) is 73.6 cm³/mol. The van der Waals surface area contributed by atoms with Crippen LogP contribution in [0.3, 0.4) is 0 Å². The number of nitrogens with two attached hydrogens (primary N) is 1. The maximum Gasteiger partial charge on any atom is 0.244 e. The number of nitrogens with zero attached hydrogens (tertiary/aromatic N) is 1. The number of benzene rings is 1. The molecule has 0 unspecified atom stereocenters. The predicted octanol–water partition coefficient (Wildman–Crippen LogP) is 0.747. The summed E-state index contributed by atoms with van der Waals surface area (Å²) in [5, 5.41) is 2.79. The van der Waals surface area contributed by atoms with Crippen LogP contribution in [-0.2, 0) is 16.0 Å². The Hall–Kier alpha value is -1.88. The average Bonchev–Trinajstić information content (AvgIpc) is 3.11. The molecule has 0 radical (unpaired) electrons. The van der Waals surface area contributed by atoms with Crippen LogP contribution >= 0.6 is 0 Å². The van der Waals surface area contributed by atoms with Gasteiger partial charge in [-0.3, -0.25) is 9.59 Å². The lowest BCUT2D eigenvalue weighted by molar-refractivity contribution is -0.128. The number of amides is 2. The third kappa shape index (κ3) is 3.32. The molecule has 1 fully saturated rings. The van der Waals surface area contributed by atoms with Crippen LogP contribution in [0.4, 0.5) is 5.69 Å². The number of carbonyl (C=O) groups is 2. The van der Waals surface area contributed by atoms with Gasteiger partial charge in [-0.25, -0.2) is 0 Å². The van der Waals surface area contributed by atoms with Gasteiger partial charge in [0.2, 0.25) is 11.8 Å². The van der Waals surface area contributed by atoms with Crippen molar-refractivity contribution in [2.45, 2.75) is 24.8 Å². The van der Waals surface area contributed by atoms with E-state index in [1.54, 1.807) is 31.1 Å². The summed E-state index contributed by atoms with van der Waals surface area (Å²) in [6.07, 6.45) is 1.85. The molecule has 2 amide bonds. The molecule has 0 saturated heterocycles. The van der Waals surface area contributed by atoms with Crippen molar-refractivity contribution in [2.24, 2.45) is 5.73 Å². The van der Waals surface area contributed by atoms with Crippen LogP contribution in [0.5, 0.6) is 0 Å². The van der Waals surface area contributed by atoms with E-state index in [-0.39, 0.29) is 11.8 Å². The van der Waals surface area contributed by atoms with E-state index in [9.17, 15) is 9.59 Å². The van der Waals surface area contributed by atoms with Crippen LogP contribution in [-0.4, -0.2) is 36.3 Å². The molecule has 0 aromatic heterocycles. The topological polar surface area (TPSA) is 75.4 Å². The Morgan fingerprint density at radius 2 is 1.84 bits per heavy atom. The monoisotopic (exact) mass is 261 g/mol. The van der Waals surface area contributed by atoms with Crippen molar-refractivity contribution in [2.75, 3.05) is 19.4 Å². The van der Waals surface area contributed by atoms with Crippen molar-refractivity contribution in [3.05, 3.63) is 29.8 Å². The van der Waals surface area contributed by atoms with Crippen LogP contribution in [0, 0.1) is 0 Å². The van der Waals surface area contributed by atoms with Crippen LogP contribution < -0.4 is 11.1 Å². The van der Waals surface area contributed by atoms with Gasteiger partial charge in [0, 0.05) is 19.8 Å². The first kappa shape index (κ1) is 13.5. The van der Waals surface area contributed by atoms with E-state index in [0.29, 0.717) is 12.1 Å². The first-order valence-corrected chi connectivity index (χ1v) is 6.30. The fourth-order valence-corrected chi connectivity index (χ4v) is 1.66. The molecule has 2 rings (SSSR count). The Balaban J connectivity index is 1.95. The summed E-state index contributed by atoms with van der Waals surface area (Å²) in [6.45, 7) is 0. The molecule has 1 aliphatic rings. The highest BCUT2D eigenvalue weighted by atomic mass is 16.2. The third-order valence-electron chi connectivity index (χ3n) is 3.31. The van der Waals surface area contributed by atoms with Crippen molar-refractivity contribution in [1.29, 1.82) is 0 Å². The Labute approximate surface area is 112 Å². The minimum absolute atomic E-state index is 0.0516. The zero-order valence-electron chi connectivity index (χ0n) is 11.3. The number of nitrogens with one attached hydrogen (secondary N) is 1. The lowest BCUT2D eigenvalue weighted by atomic mass is 10.1. The number of rotatable bonds is 4. The SMILES string of the molecule is CN(C)C(=O)Cc1ccc(NC(=O)C2(N)CC2)cc1. The smallest absolute Gasteiger partial charge is 0.244 e. The minimum Gasteiger partial charge on any atom is -0.349 e. The molecule has 102 valence electrons. The summed E-state index contributed by atoms with van der Waals surface area (Å²) >= 11 is 0. The summed E-state index contributed by atoms with van der Waals surface area (Å²) in [6, 6.07) is 7.27. The van der Waals surface area contributed by atoms with Gasteiger partial charge in [0.05, 0.1) is 12.0 Å². The van der Waals surface area contributed by atoms with Gasteiger partial charge in [0.1, 0.15) is 0 Å². The minimum atomic E-state index is -0.667. The maximum absolute atomic E-state index is 11.8. The molecule has 5 nitrogen and oxygen atoms in total. The number of likely N-dealkylation sites (N-methyl/N-ethyl adjacent to an activating group) is 1. The maximum atomic E-state index is 11.8.